The van der Waals surface area contributed by atoms with Crippen LogP contribution in [0.2, 0.25) is 0 Å². The minimum atomic E-state index is -4.71. The monoisotopic (exact) mass is 530 g/mol. The molecule has 198 valence electrons. The van der Waals surface area contributed by atoms with E-state index in [1.165, 1.54) is 6.08 Å². The Bertz CT molecular complexity index is 1720. The number of benzene rings is 3. The summed E-state index contributed by atoms with van der Waals surface area (Å²) in [6.07, 6.45) is -1.35. The van der Waals surface area contributed by atoms with Crippen LogP contribution in [0.1, 0.15) is 58.7 Å². The van der Waals surface area contributed by atoms with Gasteiger partial charge in [0.05, 0.1) is 11.0 Å². The lowest BCUT2D eigenvalue weighted by molar-refractivity contribution is -0.159. The van der Waals surface area contributed by atoms with Crippen molar-refractivity contribution in [2.45, 2.75) is 46.0 Å². The zero-order valence-electron chi connectivity index (χ0n) is 21.4. The van der Waals surface area contributed by atoms with E-state index in [0.717, 1.165) is 57.5 Å². The summed E-state index contributed by atoms with van der Waals surface area (Å²) in [5.41, 5.74) is 7.46. The Balaban J connectivity index is 1.43. The Hall–Kier alpha value is -4.40. The highest BCUT2D eigenvalue weighted by molar-refractivity contribution is 5.94. The van der Waals surface area contributed by atoms with E-state index in [0.29, 0.717) is 24.5 Å². The van der Waals surface area contributed by atoms with Gasteiger partial charge in [-0.15, -0.1) is 0 Å². The molecule has 0 N–H and O–H groups in total. The Kier molecular flexibility index (Phi) is 6.21. The van der Waals surface area contributed by atoms with Gasteiger partial charge in [0.2, 0.25) is 0 Å². The number of fused-ring (bicyclic) bond motifs is 3. The smallest absolute Gasteiger partial charge is 0.471 e. The van der Waals surface area contributed by atoms with Crippen LogP contribution in [0.5, 0.6) is 5.75 Å². The quantitative estimate of drug-likeness (QED) is 0.240. The molecule has 2 aromatic heterocycles. The van der Waals surface area contributed by atoms with Crippen LogP contribution in [0.3, 0.4) is 0 Å². The first kappa shape index (κ1) is 24.9. The van der Waals surface area contributed by atoms with Gasteiger partial charge in [0.15, 0.2) is 5.82 Å². The first-order chi connectivity index (χ1) is 18.8. The van der Waals surface area contributed by atoms with Gasteiger partial charge in [0.25, 0.3) is 0 Å². The van der Waals surface area contributed by atoms with Crippen molar-refractivity contribution >= 4 is 22.7 Å². The number of hydrogen-bond acceptors (Lipinski definition) is 5. The first-order valence-electron chi connectivity index (χ1n) is 12.7. The zero-order valence-corrected chi connectivity index (χ0v) is 21.4. The molecular formula is C30H25F3N4O2. The van der Waals surface area contributed by atoms with Crippen molar-refractivity contribution in [3.8, 4) is 5.75 Å². The van der Waals surface area contributed by atoms with Gasteiger partial charge in [-0.1, -0.05) is 54.5 Å². The molecule has 0 atom stereocenters. The molecule has 3 aromatic carbocycles. The maximum Gasteiger partial charge on any atom is 0.471 e. The average Bonchev–Trinajstić information content (AvgIpc) is 3.49. The number of hydrogen-bond donors (Lipinski definition) is 0. The number of aryl methyl sites for hydroxylation is 2. The largest absolute Gasteiger partial charge is 0.488 e. The van der Waals surface area contributed by atoms with E-state index in [1.807, 2.05) is 42.5 Å². The van der Waals surface area contributed by atoms with Gasteiger partial charge in [-0.05, 0) is 65.4 Å². The molecule has 0 amide bonds. The normalized spacial score (nSPS) is 14.2. The molecule has 1 aliphatic heterocycles. The van der Waals surface area contributed by atoms with Crippen molar-refractivity contribution in [2.24, 2.45) is 0 Å². The first-order valence-corrected chi connectivity index (χ1v) is 12.7. The Labute approximate surface area is 222 Å². The van der Waals surface area contributed by atoms with Gasteiger partial charge in [0.1, 0.15) is 18.2 Å². The summed E-state index contributed by atoms with van der Waals surface area (Å²) in [7, 11) is 0. The molecule has 0 saturated heterocycles. The summed E-state index contributed by atoms with van der Waals surface area (Å²) in [5, 5.41) is 3.55. The lowest BCUT2D eigenvalue weighted by Crippen LogP contribution is -2.06. The van der Waals surface area contributed by atoms with Crippen LogP contribution in [-0.2, 0) is 25.7 Å². The van der Waals surface area contributed by atoms with E-state index < -0.39 is 12.1 Å². The van der Waals surface area contributed by atoms with Crippen molar-refractivity contribution in [1.82, 2.24) is 19.7 Å². The van der Waals surface area contributed by atoms with Gasteiger partial charge in [-0.25, -0.2) is 4.98 Å². The predicted octanol–water partition coefficient (Wildman–Crippen LogP) is 7.23. The van der Waals surface area contributed by atoms with Crippen LogP contribution in [0.4, 0.5) is 13.2 Å². The summed E-state index contributed by atoms with van der Waals surface area (Å²) in [4.78, 5) is 8.48. The minimum Gasteiger partial charge on any atom is -0.488 e. The summed E-state index contributed by atoms with van der Waals surface area (Å²) in [6, 6.07) is 19.7. The molecular weight excluding hydrogens is 505 g/mol. The maximum atomic E-state index is 13.1. The number of alkyl halides is 3. The second-order valence-corrected chi connectivity index (χ2v) is 9.60. The van der Waals surface area contributed by atoms with Gasteiger partial charge < -0.3 is 13.8 Å². The SMILES string of the molecule is CCCc1nc2c(C)cccc2n1Cc1ccc2c(c1)COc1ccccc1/C2=C/c1noc(C(F)(F)F)n1. The fourth-order valence-electron chi connectivity index (χ4n) is 5.05. The predicted molar refractivity (Wildman–Crippen MR) is 141 cm³/mol. The summed E-state index contributed by atoms with van der Waals surface area (Å²) >= 11 is 0. The van der Waals surface area contributed by atoms with E-state index in [-0.39, 0.29) is 5.82 Å². The number of aromatic nitrogens is 4. The molecule has 0 saturated carbocycles. The van der Waals surface area contributed by atoms with Crippen LogP contribution >= 0.6 is 0 Å². The number of halogens is 3. The summed E-state index contributed by atoms with van der Waals surface area (Å²) in [6.45, 7) is 5.16. The molecule has 39 heavy (non-hydrogen) atoms. The van der Waals surface area contributed by atoms with Gasteiger partial charge in [-0.2, -0.15) is 18.2 Å². The topological polar surface area (TPSA) is 66.0 Å². The lowest BCUT2D eigenvalue weighted by Gasteiger charge is -2.13. The number of imidazole rings is 1. The molecule has 5 aromatic rings. The molecule has 0 aliphatic carbocycles. The number of rotatable bonds is 5. The lowest BCUT2D eigenvalue weighted by atomic mass is 9.92. The zero-order chi connectivity index (χ0) is 27.1. The summed E-state index contributed by atoms with van der Waals surface area (Å²) in [5.74, 6) is 0.128. The molecule has 3 heterocycles. The van der Waals surface area contributed by atoms with Crippen LogP contribution in [-0.4, -0.2) is 19.7 Å². The number of nitrogens with zero attached hydrogens (tertiary/aromatic N) is 4. The fraction of sp³-hybridized carbons (Fsp3) is 0.233. The molecule has 0 bridgehead atoms. The molecule has 9 heteroatoms. The van der Waals surface area contributed by atoms with Crippen LogP contribution < -0.4 is 4.74 Å². The maximum absolute atomic E-state index is 13.1. The van der Waals surface area contributed by atoms with Gasteiger partial charge in [0, 0.05) is 18.5 Å². The Morgan fingerprint density at radius 2 is 1.85 bits per heavy atom. The molecule has 1 aliphatic rings. The highest BCUT2D eigenvalue weighted by Crippen LogP contribution is 2.38. The third-order valence-electron chi connectivity index (χ3n) is 6.85. The van der Waals surface area contributed by atoms with Crippen molar-refractivity contribution in [1.29, 1.82) is 0 Å². The Morgan fingerprint density at radius 1 is 1.00 bits per heavy atom. The highest BCUT2D eigenvalue weighted by atomic mass is 19.4. The summed E-state index contributed by atoms with van der Waals surface area (Å²) < 4.78 is 52.1. The molecule has 6 nitrogen and oxygen atoms in total. The second kappa shape index (κ2) is 9.72. The van der Waals surface area contributed by atoms with Crippen LogP contribution in [0.25, 0.3) is 22.7 Å². The third-order valence-corrected chi connectivity index (χ3v) is 6.85. The van der Waals surface area contributed by atoms with E-state index >= 15 is 0 Å². The van der Waals surface area contributed by atoms with Crippen molar-refractivity contribution in [3.05, 3.63) is 106 Å². The van der Waals surface area contributed by atoms with Crippen molar-refractivity contribution < 1.29 is 22.4 Å². The number of para-hydroxylation sites is 2. The third kappa shape index (κ3) is 4.69. The standard InChI is InChI=1S/C30H25F3N4O2/c1-3-7-27-35-28-18(2)8-6-10-24(28)37(27)16-19-12-13-21-20(14-19)17-38-25-11-5-4-9-22(25)23(21)15-26-34-29(39-36-26)30(31,32)33/h4-6,8-15H,3,7,16-17H2,1-2H3/b23-15+. The molecule has 0 fully saturated rings. The van der Waals surface area contributed by atoms with Gasteiger partial charge in [-0.3, -0.25) is 0 Å². The van der Waals surface area contributed by atoms with E-state index in [2.05, 4.69) is 51.3 Å². The van der Waals surface area contributed by atoms with Gasteiger partial charge >= 0.3 is 12.1 Å². The van der Waals surface area contributed by atoms with E-state index in [1.54, 1.807) is 0 Å². The van der Waals surface area contributed by atoms with Crippen molar-refractivity contribution in [3.63, 3.8) is 0 Å². The van der Waals surface area contributed by atoms with Crippen LogP contribution in [0, 0.1) is 6.92 Å². The molecule has 6 rings (SSSR count). The van der Waals surface area contributed by atoms with E-state index in [9.17, 15) is 13.2 Å². The fourth-order valence-corrected chi connectivity index (χ4v) is 5.05. The molecule has 0 radical (unpaired) electrons. The molecule has 0 spiro atoms. The minimum absolute atomic E-state index is 0.159. The van der Waals surface area contributed by atoms with E-state index in [4.69, 9.17) is 9.72 Å². The highest BCUT2D eigenvalue weighted by Gasteiger charge is 2.38. The molecule has 0 unspecified atom stereocenters. The van der Waals surface area contributed by atoms with Crippen LogP contribution in [0.15, 0.2) is 65.2 Å². The number of ether oxygens (including phenoxy) is 1. The van der Waals surface area contributed by atoms with Crippen molar-refractivity contribution in [2.75, 3.05) is 0 Å². The average molecular weight is 531 g/mol. The second-order valence-electron chi connectivity index (χ2n) is 9.60. The Morgan fingerprint density at radius 3 is 2.64 bits per heavy atom.